The van der Waals surface area contributed by atoms with Crippen LogP contribution in [0.2, 0.25) is 0 Å². The second-order valence-electron chi connectivity index (χ2n) is 5.09. The molecule has 0 spiro atoms. The molecule has 0 bridgehead atoms. The van der Waals surface area contributed by atoms with Gasteiger partial charge < -0.3 is 5.11 Å². The van der Waals surface area contributed by atoms with Gasteiger partial charge in [0, 0.05) is 11.4 Å². The van der Waals surface area contributed by atoms with Gasteiger partial charge in [-0.05, 0) is 28.5 Å². The molecule has 0 saturated carbocycles. The van der Waals surface area contributed by atoms with Crippen molar-refractivity contribution < 1.29 is 13.5 Å². The molecule has 0 fully saturated rings. The molecule has 0 unspecified atom stereocenters. The van der Waals surface area contributed by atoms with Crippen molar-refractivity contribution in [1.82, 2.24) is 4.72 Å². The van der Waals surface area contributed by atoms with Gasteiger partial charge in [-0.1, -0.05) is 38.1 Å². The Morgan fingerprint density at radius 2 is 1.86 bits per heavy atom. The molecule has 1 aromatic carbocycles. The first-order valence-electron chi connectivity index (χ1n) is 6.70. The van der Waals surface area contributed by atoms with Crippen molar-refractivity contribution in [2.45, 2.75) is 37.8 Å². The summed E-state index contributed by atoms with van der Waals surface area (Å²) < 4.78 is 27.0. The zero-order chi connectivity index (χ0) is 15.5. The monoisotopic (exact) mass is 325 g/mol. The summed E-state index contributed by atoms with van der Waals surface area (Å²) in [6, 6.07) is 9.40. The summed E-state index contributed by atoms with van der Waals surface area (Å²) in [4.78, 5) is 0.617. The summed E-state index contributed by atoms with van der Waals surface area (Å²) in [6.07, 6.45) is 0. The van der Waals surface area contributed by atoms with Crippen molar-refractivity contribution >= 4 is 21.4 Å². The summed E-state index contributed by atoms with van der Waals surface area (Å²) >= 11 is 1.23. The summed E-state index contributed by atoms with van der Waals surface area (Å²) in [5.41, 5.74) is 2.13. The molecule has 114 valence electrons. The first-order valence-corrected chi connectivity index (χ1v) is 9.06. The van der Waals surface area contributed by atoms with Gasteiger partial charge in [-0.15, -0.1) is 11.3 Å². The van der Waals surface area contributed by atoms with E-state index in [1.807, 2.05) is 24.3 Å². The van der Waals surface area contributed by atoms with Gasteiger partial charge in [0.1, 0.15) is 0 Å². The average molecular weight is 325 g/mol. The van der Waals surface area contributed by atoms with Crippen LogP contribution in [0.4, 0.5) is 0 Å². The minimum absolute atomic E-state index is 0.161. The lowest BCUT2D eigenvalue weighted by Crippen LogP contribution is -2.23. The Hall–Kier alpha value is -1.21. The van der Waals surface area contributed by atoms with E-state index in [1.165, 1.54) is 23.0 Å². The minimum atomic E-state index is -3.58. The zero-order valence-corrected chi connectivity index (χ0v) is 13.7. The van der Waals surface area contributed by atoms with E-state index in [-0.39, 0.29) is 18.0 Å². The summed E-state index contributed by atoms with van der Waals surface area (Å²) in [7, 11) is -3.58. The summed E-state index contributed by atoms with van der Waals surface area (Å²) in [5, 5.41) is 10.8. The van der Waals surface area contributed by atoms with Crippen LogP contribution < -0.4 is 4.72 Å². The number of hydrogen-bond acceptors (Lipinski definition) is 4. The number of thiophene rings is 1. The van der Waals surface area contributed by atoms with E-state index < -0.39 is 10.0 Å². The van der Waals surface area contributed by atoms with E-state index in [9.17, 15) is 8.42 Å². The maximum absolute atomic E-state index is 12.2. The standard InChI is InChI=1S/C15H19NO3S2/c1-11(2)13-5-3-12(4-6-13)9-16-21(18,19)15-7-8-20-14(15)10-17/h3-8,11,16-17H,9-10H2,1-2H3. The highest BCUT2D eigenvalue weighted by molar-refractivity contribution is 7.89. The van der Waals surface area contributed by atoms with Crippen LogP contribution in [0.1, 0.15) is 35.8 Å². The van der Waals surface area contributed by atoms with E-state index in [2.05, 4.69) is 18.6 Å². The van der Waals surface area contributed by atoms with E-state index in [0.717, 1.165) is 5.56 Å². The first kappa shape index (κ1) is 16.2. The topological polar surface area (TPSA) is 66.4 Å². The molecule has 0 aliphatic heterocycles. The van der Waals surface area contributed by atoms with Gasteiger partial charge in [-0.25, -0.2) is 13.1 Å². The number of hydrogen-bond donors (Lipinski definition) is 2. The lowest BCUT2D eigenvalue weighted by molar-refractivity contribution is 0.282. The Morgan fingerprint density at radius 3 is 2.43 bits per heavy atom. The largest absolute Gasteiger partial charge is 0.391 e. The maximum atomic E-state index is 12.2. The van der Waals surface area contributed by atoms with Crippen LogP contribution in [0.25, 0.3) is 0 Å². The van der Waals surface area contributed by atoms with Crippen LogP contribution in [0, 0.1) is 0 Å². The molecule has 1 aromatic heterocycles. The number of sulfonamides is 1. The molecule has 6 heteroatoms. The second-order valence-corrected chi connectivity index (χ2v) is 7.82. The smallest absolute Gasteiger partial charge is 0.242 e. The first-order chi connectivity index (χ1) is 9.94. The van der Waals surface area contributed by atoms with Crippen molar-refractivity contribution in [3.63, 3.8) is 0 Å². The molecule has 0 aliphatic rings. The molecule has 0 amide bonds. The lowest BCUT2D eigenvalue weighted by atomic mass is 10.0. The molecule has 0 atom stereocenters. The Bertz CT molecular complexity index is 688. The van der Waals surface area contributed by atoms with Crippen LogP contribution >= 0.6 is 11.3 Å². The molecule has 2 aromatic rings. The van der Waals surface area contributed by atoms with Gasteiger partial charge in [-0.3, -0.25) is 0 Å². The second kappa shape index (κ2) is 6.70. The molecule has 1 heterocycles. The predicted octanol–water partition coefficient (Wildman–Crippen LogP) is 2.84. The van der Waals surface area contributed by atoms with E-state index in [4.69, 9.17) is 5.11 Å². The van der Waals surface area contributed by atoms with Crippen LogP contribution in [0.5, 0.6) is 0 Å². The normalized spacial score (nSPS) is 12.0. The summed E-state index contributed by atoms with van der Waals surface area (Å²) in [6.45, 7) is 4.20. The van der Waals surface area contributed by atoms with Gasteiger partial charge in [0.2, 0.25) is 10.0 Å². The predicted molar refractivity (Wildman–Crippen MR) is 84.8 cm³/mol. The van der Waals surface area contributed by atoms with Crippen LogP contribution in [-0.4, -0.2) is 13.5 Å². The third kappa shape index (κ3) is 3.91. The number of nitrogens with one attached hydrogen (secondary N) is 1. The van der Waals surface area contributed by atoms with Gasteiger partial charge in [-0.2, -0.15) is 0 Å². The molecule has 0 radical (unpaired) electrons. The third-order valence-electron chi connectivity index (χ3n) is 3.25. The molecule has 4 nitrogen and oxygen atoms in total. The molecule has 0 saturated heterocycles. The van der Waals surface area contributed by atoms with E-state index in [0.29, 0.717) is 10.8 Å². The van der Waals surface area contributed by atoms with E-state index >= 15 is 0 Å². The van der Waals surface area contributed by atoms with Crippen LogP contribution in [0.3, 0.4) is 0 Å². The Morgan fingerprint density at radius 1 is 1.19 bits per heavy atom. The highest BCUT2D eigenvalue weighted by atomic mass is 32.2. The van der Waals surface area contributed by atoms with Gasteiger partial charge >= 0.3 is 0 Å². The fourth-order valence-corrected chi connectivity index (χ4v) is 4.27. The zero-order valence-electron chi connectivity index (χ0n) is 12.0. The quantitative estimate of drug-likeness (QED) is 0.858. The molecule has 2 rings (SSSR count). The van der Waals surface area contributed by atoms with Crippen molar-refractivity contribution in [3.05, 3.63) is 51.7 Å². The molecular formula is C15H19NO3S2. The van der Waals surface area contributed by atoms with Crippen LogP contribution in [-0.2, 0) is 23.2 Å². The fourth-order valence-electron chi connectivity index (χ4n) is 1.96. The van der Waals surface area contributed by atoms with Gasteiger partial charge in [0.15, 0.2) is 0 Å². The number of aliphatic hydroxyl groups is 1. The molecule has 21 heavy (non-hydrogen) atoms. The van der Waals surface area contributed by atoms with Crippen molar-refractivity contribution in [2.24, 2.45) is 0 Å². The number of aliphatic hydroxyl groups excluding tert-OH is 1. The van der Waals surface area contributed by atoms with Crippen molar-refractivity contribution in [3.8, 4) is 0 Å². The van der Waals surface area contributed by atoms with Gasteiger partial charge in [0.05, 0.1) is 11.5 Å². The van der Waals surface area contributed by atoms with E-state index in [1.54, 1.807) is 5.38 Å². The molecular weight excluding hydrogens is 306 g/mol. The third-order valence-corrected chi connectivity index (χ3v) is 5.77. The highest BCUT2D eigenvalue weighted by Crippen LogP contribution is 2.22. The van der Waals surface area contributed by atoms with Gasteiger partial charge in [0.25, 0.3) is 0 Å². The van der Waals surface area contributed by atoms with Crippen LogP contribution in [0.15, 0.2) is 40.6 Å². The highest BCUT2D eigenvalue weighted by Gasteiger charge is 2.18. The molecule has 0 aliphatic carbocycles. The van der Waals surface area contributed by atoms with Crippen molar-refractivity contribution in [2.75, 3.05) is 0 Å². The Balaban J connectivity index is 2.08. The summed E-state index contributed by atoms with van der Waals surface area (Å²) in [5.74, 6) is 0.452. The SMILES string of the molecule is CC(C)c1ccc(CNS(=O)(=O)c2ccsc2CO)cc1. The Kier molecular flexibility index (Phi) is 5.16. The maximum Gasteiger partial charge on any atom is 0.242 e. The minimum Gasteiger partial charge on any atom is -0.391 e. The van der Waals surface area contributed by atoms with Crippen molar-refractivity contribution in [1.29, 1.82) is 0 Å². The molecule has 2 N–H and O–H groups in total. The lowest BCUT2D eigenvalue weighted by Gasteiger charge is -2.09. The number of rotatable bonds is 6. The fraction of sp³-hybridized carbons (Fsp3) is 0.333. The average Bonchev–Trinajstić information content (AvgIpc) is 2.95. The number of benzene rings is 1. The Labute approximate surface area is 129 Å².